The van der Waals surface area contributed by atoms with Gasteiger partial charge in [0.25, 0.3) is 5.91 Å². The van der Waals surface area contributed by atoms with E-state index in [1.807, 2.05) is 6.07 Å². The normalized spacial score (nSPS) is 15.9. The van der Waals surface area contributed by atoms with Gasteiger partial charge in [-0.25, -0.2) is 4.79 Å². The van der Waals surface area contributed by atoms with Crippen molar-refractivity contribution in [2.24, 2.45) is 0 Å². The first-order valence-corrected chi connectivity index (χ1v) is 8.19. The van der Waals surface area contributed by atoms with Gasteiger partial charge in [-0.2, -0.15) is 0 Å². The molecule has 1 aromatic carbocycles. The van der Waals surface area contributed by atoms with Crippen LogP contribution >= 0.6 is 24.0 Å². The number of amides is 1. The van der Waals surface area contributed by atoms with E-state index in [0.29, 0.717) is 20.5 Å². The quantitative estimate of drug-likeness (QED) is 0.478. The van der Waals surface area contributed by atoms with Gasteiger partial charge in [0, 0.05) is 12.4 Å². The molecule has 24 heavy (non-hydrogen) atoms. The van der Waals surface area contributed by atoms with Crippen LogP contribution in [0.1, 0.15) is 15.9 Å². The van der Waals surface area contributed by atoms with Crippen molar-refractivity contribution >= 4 is 51.9 Å². The molecule has 1 aliphatic heterocycles. The van der Waals surface area contributed by atoms with Crippen LogP contribution in [0, 0.1) is 0 Å². The van der Waals surface area contributed by atoms with Crippen molar-refractivity contribution in [2.45, 2.75) is 0 Å². The molecule has 0 atom stereocenters. The van der Waals surface area contributed by atoms with E-state index in [4.69, 9.17) is 17.0 Å². The number of methoxy groups -OCH3 is 1. The number of carbonyl (C=O) groups is 2. The van der Waals surface area contributed by atoms with Gasteiger partial charge in [0.1, 0.15) is 0 Å². The Morgan fingerprint density at radius 1 is 1.33 bits per heavy atom. The first-order valence-electron chi connectivity index (χ1n) is 6.96. The molecule has 2 heterocycles. The number of hydrogen-bond acceptors (Lipinski definition) is 6. The van der Waals surface area contributed by atoms with Crippen LogP contribution in [0.25, 0.3) is 6.08 Å². The van der Waals surface area contributed by atoms with Gasteiger partial charge in [-0.3, -0.25) is 14.7 Å². The van der Waals surface area contributed by atoms with Crippen molar-refractivity contribution in [3.63, 3.8) is 0 Å². The molecule has 120 valence electrons. The highest BCUT2D eigenvalue weighted by molar-refractivity contribution is 8.27. The van der Waals surface area contributed by atoms with Crippen molar-refractivity contribution in [1.82, 2.24) is 4.98 Å². The van der Waals surface area contributed by atoms with Crippen LogP contribution < -0.4 is 4.90 Å². The van der Waals surface area contributed by atoms with Crippen LogP contribution in [-0.4, -0.2) is 28.3 Å². The number of aromatic nitrogens is 1. The fourth-order valence-electron chi connectivity index (χ4n) is 2.19. The number of nitrogens with zero attached hydrogens (tertiary/aromatic N) is 2. The number of rotatable bonds is 3. The SMILES string of the molecule is COC(=O)c1cccc(N2C(=O)/C(=C/c3cccnc3)SC2=S)c1. The van der Waals surface area contributed by atoms with Crippen molar-refractivity contribution < 1.29 is 14.3 Å². The molecule has 1 amide bonds. The number of ether oxygens (including phenoxy) is 1. The van der Waals surface area contributed by atoms with Gasteiger partial charge in [-0.1, -0.05) is 36.1 Å². The largest absolute Gasteiger partial charge is 0.465 e. The van der Waals surface area contributed by atoms with E-state index in [9.17, 15) is 9.59 Å². The zero-order chi connectivity index (χ0) is 17.1. The molecule has 0 saturated carbocycles. The van der Waals surface area contributed by atoms with Gasteiger partial charge in [-0.05, 0) is 35.9 Å². The maximum atomic E-state index is 12.7. The van der Waals surface area contributed by atoms with Gasteiger partial charge >= 0.3 is 5.97 Å². The summed E-state index contributed by atoms with van der Waals surface area (Å²) in [6, 6.07) is 10.3. The van der Waals surface area contributed by atoms with Gasteiger partial charge in [0.15, 0.2) is 4.32 Å². The molecule has 0 unspecified atom stereocenters. The molecule has 0 N–H and O–H groups in total. The lowest BCUT2D eigenvalue weighted by atomic mass is 10.2. The Balaban J connectivity index is 1.93. The molecule has 0 bridgehead atoms. The minimum Gasteiger partial charge on any atom is -0.465 e. The Morgan fingerprint density at radius 2 is 2.17 bits per heavy atom. The van der Waals surface area contributed by atoms with E-state index >= 15 is 0 Å². The Labute approximate surface area is 148 Å². The lowest BCUT2D eigenvalue weighted by Crippen LogP contribution is -2.27. The van der Waals surface area contributed by atoms with Gasteiger partial charge in [-0.15, -0.1) is 0 Å². The number of thiocarbonyl (C=S) groups is 1. The smallest absolute Gasteiger partial charge is 0.337 e. The highest BCUT2D eigenvalue weighted by Gasteiger charge is 2.33. The van der Waals surface area contributed by atoms with Crippen molar-refractivity contribution in [3.8, 4) is 0 Å². The van der Waals surface area contributed by atoms with E-state index in [1.165, 1.54) is 23.8 Å². The molecule has 1 aromatic heterocycles. The molecule has 1 saturated heterocycles. The molecule has 1 aliphatic rings. The first-order chi connectivity index (χ1) is 11.6. The maximum Gasteiger partial charge on any atom is 0.337 e. The standard InChI is InChI=1S/C17H12N2O3S2/c1-22-16(21)12-5-2-6-13(9-12)19-15(20)14(24-17(19)23)8-11-4-3-7-18-10-11/h2-10H,1H3/b14-8-. The van der Waals surface area contributed by atoms with E-state index in [2.05, 4.69) is 4.98 Å². The molecule has 0 spiro atoms. The molecule has 1 fully saturated rings. The summed E-state index contributed by atoms with van der Waals surface area (Å²) in [4.78, 5) is 30.3. The minimum atomic E-state index is -0.465. The predicted octanol–water partition coefficient (Wildman–Crippen LogP) is 3.27. The summed E-state index contributed by atoms with van der Waals surface area (Å²) in [5.74, 6) is -0.691. The number of pyridine rings is 1. The summed E-state index contributed by atoms with van der Waals surface area (Å²) in [6.07, 6.45) is 5.09. The molecule has 7 heteroatoms. The fraction of sp³-hybridized carbons (Fsp3) is 0.0588. The lowest BCUT2D eigenvalue weighted by Gasteiger charge is -2.15. The lowest BCUT2D eigenvalue weighted by molar-refractivity contribution is -0.113. The van der Waals surface area contributed by atoms with Crippen LogP contribution in [0.4, 0.5) is 5.69 Å². The predicted molar refractivity (Wildman–Crippen MR) is 97.7 cm³/mol. The topological polar surface area (TPSA) is 59.5 Å². The van der Waals surface area contributed by atoms with Crippen LogP contribution in [0.5, 0.6) is 0 Å². The van der Waals surface area contributed by atoms with Crippen LogP contribution in [0.2, 0.25) is 0 Å². The van der Waals surface area contributed by atoms with Crippen LogP contribution in [0.3, 0.4) is 0 Å². The number of anilines is 1. The molecule has 5 nitrogen and oxygen atoms in total. The Hall–Kier alpha value is -2.51. The molecular weight excluding hydrogens is 344 g/mol. The second kappa shape index (κ2) is 6.94. The summed E-state index contributed by atoms with van der Waals surface area (Å²) in [7, 11) is 1.31. The summed E-state index contributed by atoms with van der Waals surface area (Å²) in [6.45, 7) is 0. The van der Waals surface area contributed by atoms with Crippen molar-refractivity contribution in [2.75, 3.05) is 12.0 Å². The van der Waals surface area contributed by atoms with E-state index in [0.717, 1.165) is 5.56 Å². The van der Waals surface area contributed by atoms with Gasteiger partial charge in [0.05, 0.1) is 23.3 Å². The average molecular weight is 356 g/mol. The third kappa shape index (κ3) is 3.22. The Morgan fingerprint density at radius 3 is 2.88 bits per heavy atom. The summed E-state index contributed by atoms with van der Waals surface area (Å²) >= 11 is 6.54. The number of hydrogen-bond donors (Lipinski definition) is 0. The maximum absolute atomic E-state index is 12.7. The van der Waals surface area contributed by atoms with Gasteiger partial charge < -0.3 is 4.74 Å². The van der Waals surface area contributed by atoms with E-state index in [1.54, 1.807) is 48.8 Å². The highest BCUT2D eigenvalue weighted by Crippen LogP contribution is 2.36. The van der Waals surface area contributed by atoms with Crippen molar-refractivity contribution in [3.05, 3.63) is 64.8 Å². The van der Waals surface area contributed by atoms with Crippen LogP contribution in [0.15, 0.2) is 53.7 Å². The average Bonchev–Trinajstić information content (AvgIpc) is 2.89. The summed E-state index contributed by atoms with van der Waals surface area (Å²) in [5.41, 5.74) is 1.72. The second-order valence-electron chi connectivity index (χ2n) is 4.85. The van der Waals surface area contributed by atoms with E-state index < -0.39 is 5.97 Å². The molecular formula is C17H12N2O3S2. The Bertz CT molecular complexity index is 850. The number of esters is 1. The van der Waals surface area contributed by atoms with Crippen LogP contribution in [-0.2, 0) is 9.53 Å². The highest BCUT2D eigenvalue weighted by atomic mass is 32.2. The zero-order valence-electron chi connectivity index (χ0n) is 12.6. The molecule has 3 rings (SSSR count). The minimum absolute atomic E-state index is 0.226. The first kappa shape index (κ1) is 16.4. The summed E-state index contributed by atoms with van der Waals surface area (Å²) < 4.78 is 5.12. The number of thioether (sulfide) groups is 1. The third-order valence-corrected chi connectivity index (χ3v) is 4.60. The Kier molecular flexibility index (Phi) is 4.73. The molecule has 0 radical (unpaired) electrons. The second-order valence-corrected chi connectivity index (χ2v) is 6.52. The monoisotopic (exact) mass is 356 g/mol. The third-order valence-electron chi connectivity index (χ3n) is 3.30. The molecule has 2 aromatic rings. The van der Waals surface area contributed by atoms with Gasteiger partial charge in [0.2, 0.25) is 0 Å². The number of carbonyl (C=O) groups excluding carboxylic acids is 2. The summed E-state index contributed by atoms with van der Waals surface area (Å²) in [5, 5.41) is 0. The number of benzene rings is 1. The zero-order valence-corrected chi connectivity index (χ0v) is 14.3. The van der Waals surface area contributed by atoms with E-state index in [-0.39, 0.29) is 5.91 Å². The van der Waals surface area contributed by atoms with Crippen molar-refractivity contribution in [1.29, 1.82) is 0 Å². The fourth-order valence-corrected chi connectivity index (χ4v) is 3.49. The molecule has 0 aliphatic carbocycles.